The highest BCUT2D eigenvalue weighted by Crippen LogP contribution is 2.38. The minimum atomic E-state index is -2.79. The third-order valence-corrected chi connectivity index (χ3v) is 4.47. The van der Waals surface area contributed by atoms with Gasteiger partial charge in [0, 0.05) is 43.3 Å². The van der Waals surface area contributed by atoms with Crippen LogP contribution in [-0.4, -0.2) is 50.1 Å². The number of aromatic amines is 1. The lowest BCUT2D eigenvalue weighted by molar-refractivity contribution is 0.0257. The Kier molecular flexibility index (Phi) is 4.46. The van der Waals surface area contributed by atoms with Crippen molar-refractivity contribution in [1.82, 2.24) is 25.1 Å². The quantitative estimate of drug-likeness (QED) is 0.716. The number of nitrogens with one attached hydrogen (secondary N) is 2. The topological polar surface area (TPSA) is 99.7 Å². The highest BCUT2D eigenvalue weighted by atomic mass is 19.3. The highest BCUT2D eigenvalue weighted by Gasteiger charge is 2.40. The fraction of sp³-hybridized carbons (Fsp3) is 0.278. The molecule has 8 nitrogen and oxygen atoms in total. The van der Waals surface area contributed by atoms with E-state index < -0.39 is 18.4 Å². The lowest BCUT2D eigenvalue weighted by atomic mass is 10.1. The number of aromatic nitrogens is 5. The number of halogens is 2. The zero-order valence-electron chi connectivity index (χ0n) is 15.0. The molecule has 144 valence electrons. The van der Waals surface area contributed by atoms with Crippen molar-refractivity contribution in [3.63, 3.8) is 0 Å². The number of alkyl halides is 2. The second-order valence-corrected chi connectivity index (χ2v) is 6.53. The van der Waals surface area contributed by atoms with Gasteiger partial charge in [-0.25, -0.2) is 23.7 Å². The van der Waals surface area contributed by atoms with Crippen molar-refractivity contribution in [1.29, 1.82) is 0 Å². The summed E-state index contributed by atoms with van der Waals surface area (Å²) in [6.07, 6.45) is 5.65. The first-order valence-electron chi connectivity index (χ1n) is 8.64. The molecule has 2 N–H and O–H groups in total. The van der Waals surface area contributed by atoms with Crippen LogP contribution in [0.3, 0.4) is 0 Å². The fourth-order valence-corrected chi connectivity index (χ4v) is 3.06. The second-order valence-electron chi connectivity index (χ2n) is 6.53. The summed E-state index contributed by atoms with van der Waals surface area (Å²) in [6, 6.07) is 3.41. The number of hydrogen-bond acceptors (Lipinski definition) is 6. The molecule has 0 unspecified atom stereocenters. The monoisotopic (exact) mass is 385 g/mol. The average molecular weight is 385 g/mol. The number of amides is 1. The van der Waals surface area contributed by atoms with Gasteiger partial charge in [0.1, 0.15) is 5.82 Å². The first kappa shape index (κ1) is 18.0. The molecule has 4 heterocycles. The van der Waals surface area contributed by atoms with Crippen molar-refractivity contribution in [3.8, 4) is 11.3 Å². The van der Waals surface area contributed by atoms with E-state index in [2.05, 4.69) is 30.5 Å². The van der Waals surface area contributed by atoms with E-state index in [1.807, 2.05) is 0 Å². The van der Waals surface area contributed by atoms with Gasteiger partial charge < -0.3 is 10.2 Å². The molecular formula is C18H17F2N7O. The number of carbonyl (C=O) groups is 1. The average Bonchev–Trinajstić information content (AvgIpc) is 3.32. The molecule has 28 heavy (non-hydrogen) atoms. The molecular weight excluding hydrogens is 368 g/mol. The van der Waals surface area contributed by atoms with Gasteiger partial charge >= 0.3 is 0 Å². The molecule has 0 radical (unpaired) electrons. The third-order valence-electron chi connectivity index (χ3n) is 4.47. The second kappa shape index (κ2) is 6.95. The summed E-state index contributed by atoms with van der Waals surface area (Å²) in [7, 11) is 0. The molecule has 1 amide bonds. The zero-order chi connectivity index (χ0) is 19.7. The van der Waals surface area contributed by atoms with Crippen LogP contribution in [0.2, 0.25) is 0 Å². The third kappa shape index (κ3) is 3.53. The van der Waals surface area contributed by atoms with Crippen molar-refractivity contribution in [3.05, 3.63) is 48.3 Å². The van der Waals surface area contributed by atoms with Gasteiger partial charge in [0.2, 0.25) is 0 Å². The summed E-state index contributed by atoms with van der Waals surface area (Å²) in [4.78, 5) is 26.5. The van der Waals surface area contributed by atoms with Crippen LogP contribution in [0, 0.1) is 6.92 Å². The van der Waals surface area contributed by atoms with Crippen molar-refractivity contribution < 1.29 is 13.6 Å². The van der Waals surface area contributed by atoms with Gasteiger partial charge in [-0.2, -0.15) is 5.10 Å². The molecule has 1 aliphatic heterocycles. The molecule has 0 bridgehead atoms. The highest BCUT2D eigenvalue weighted by molar-refractivity contribution is 6.07. The molecule has 10 heteroatoms. The molecule has 0 saturated carbocycles. The summed E-state index contributed by atoms with van der Waals surface area (Å²) < 4.78 is 27.5. The van der Waals surface area contributed by atoms with Crippen molar-refractivity contribution >= 4 is 17.4 Å². The van der Waals surface area contributed by atoms with Crippen LogP contribution in [-0.2, 0) is 0 Å². The fourth-order valence-electron chi connectivity index (χ4n) is 3.06. The summed E-state index contributed by atoms with van der Waals surface area (Å²) in [6.45, 7) is 1.40. The molecule has 4 rings (SSSR count). The molecule has 0 aliphatic carbocycles. The minimum Gasteiger partial charge on any atom is -0.349 e. The van der Waals surface area contributed by atoms with Crippen molar-refractivity contribution in [2.45, 2.75) is 19.3 Å². The molecule has 3 aromatic heterocycles. The van der Waals surface area contributed by atoms with E-state index in [1.165, 1.54) is 23.5 Å². The van der Waals surface area contributed by atoms with E-state index >= 15 is 0 Å². The number of carbonyl (C=O) groups excluding carboxylic acids is 1. The van der Waals surface area contributed by atoms with Crippen LogP contribution in [0.25, 0.3) is 11.3 Å². The number of rotatable bonds is 4. The maximum absolute atomic E-state index is 13.8. The van der Waals surface area contributed by atoms with Crippen molar-refractivity contribution in [2.24, 2.45) is 0 Å². The lowest BCUT2D eigenvalue weighted by Crippen LogP contribution is -2.27. The SMILES string of the molecule is Cc1ncc(C(=O)Nc2c(-c3ccn[nH]3)ccnc2N2CCC(F)(F)C2)cn1. The molecule has 1 saturated heterocycles. The van der Waals surface area contributed by atoms with Gasteiger partial charge in [-0.05, 0) is 19.1 Å². The van der Waals surface area contributed by atoms with Crippen LogP contribution in [0.15, 0.2) is 36.9 Å². The number of aryl methyl sites for hydroxylation is 1. The summed E-state index contributed by atoms with van der Waals surface area (Å²) >= 11 is 0. The van der Waals surface area contributed by atoms with Gasteiger partial charge in [-0.1, -0.05) is 0 Å². The Bertz CT molecular complexity index is 990. The van der Waals surface area contributed by atoms with Gasteiger partial charge in [-0.3, -0.25) is 9.89 Å². The maximum atomic E-state index is 13.8. The molecule has 1 fully saturated rings. The number of pyridine rings is 1. The molecule has 0 spiro atoms. The van der Waals surface area contributed by atoms with Gasteiger partial charge in [-0.15, -0.1) is 0 Å². The molecule has 1 aliphatic rings. The van der Waals surface area contributed by atoms with E-state index in [0.29, 0.717) is 22.8 Å². The minimum absolute atomic E-state index is 0.142. The first-order chi connectivity index (χ1) is 13.4. The van der Waals surface area contributed by atoms with Gasteiger partial charge in [0.25, 0.3) is 11.8 Å². The van der Waals surface area contributed by atoms with E-state index in [9.17, 15) is 13.6 Å². The predicted molar refractivity (Wildman–Crippen MR) is 98.3 cm³/mol. The number of hydrogen-bond donors (Lipinski definition) is 2. The summed E-state index contributed by atoms with van der Waals surface area (Å²) in [5.74, 6) is -2.43. The Labute approximate surface area is 159 Å². The lowest BCUT2D eigenvalue weighted by Gasteiger charge is -2.22. The standard InChI is InChI=1S/C18H17F2N7O/c1-11-22-8-12(9-23-11)17(28)25-15-13(14-3-6-24-26-14)2-5-21-16(15)27-7-4-18(19,20)10-27/h2-3,5-6,8-9H,4,7,10H2,1H3,(H,24,26)(H,25,28). The summed E-state index contributed by atoms with van der Waals surface area (Å²) in [5, 5.41) is 9.54. The molecule has 0 aromatic carbocycles. The predicted octanol–water partition coefficient (Wildman–Crippen LogP) is 2.67. The van der Waals surface area contributed by atoms with Gasteiger partial charge in [0.15, 0.2) is 5.82 Å². The van der Waals surface area contributed by atoms with Crippen LogP contribution in [0.4, 0.5) is 20.3 Å². The van der Waals surface area contributed by atoms with Crippen LogP contribution in [0.5, 0.6) is 0 Å². The Hall–Kier alpha value is -3.43. The largest absolute Gasteiger partial charge is 0.349 e. The van der Waals surface area contributed by atoms with Crippen LogP contribution in [0.1, 0.15) is 22.6 Å². The molecule has 3 aromatic rings. The van der Waals surface area contributed by atoms with E-state index in [-0.39, 0.29) is 24.3 Å². The Balaban J connectivity index is 1.74. The number of H-pyrrole nitrogens is 1. The van der Waals surface area contributed by atoms with E-state index in [1.54, 1.807) is 25.3 Å². The first-order valence-corrected chi connectivity index (χ1v) is 8.64. The number of nitrogens with zero attached hydrogens (tertiary/aromatic N) is 5. The van der Waals surface area contributed by atoms with Crippen LogP contribution < -0.4 is 10.2 Å². The Morgan fingerprint density at radius 2 is 2.00 bits per heavy atom. The normalized spacial score (nSPS) is 15.6. The maximum Gasteiger partial charge on any atom is 0.266 e. The molecule has 0 atom stereocenters. The van der Waals surface area contributed by atoms with Crippen molar-refractivity contribution in [2.75, 3.05) is 23.3 Å². The van der Waals surface area contributed by atoms with Gasteiger partial charge in [0.05, 0.1) is 23.5 Å². The van der Waals surface area contributed by atoms with E-state index in [4.69, 9.17) is 0 Å². The smallest absolute Gasteiger partial charge is 0.266 e. The zero-order valence-corrected chi connectivity index (χ0v) is 15.0. The Morgan fingerprint density at radius 1 is 1.21 bits per heavy atom. The number of anilines is 2. The van der Waals surface area contributed by atoms with Crippen LogP contribution >= 0.6 is 0 Å². The summed E-state index contributed by atoms with van der Waals surface area (Å²) in [5.41, 5.74) is 1.81. The van der Waals surface area contributed by atoms with E-state index in [0.717, 1.165) is 0 Å². The Morgan fingerprint density at radius 3 is 2.64 bits per heavy atom.